The van der Waals surface area contributed by atoms with Gasteiger partial charge in [-0.05, 0) is 37.6 Å². The Morgan fingerprint density at radius 3 is 2.08 bits per heavy atom. The molecule has 0 bridgehead atoms. The average molecular weight is 183 g/mol. The Balaban J connectivity index is 2.32. The Hall–Kier alpha value is -0.0400. The summed E-state index contributed by atoms with van der Waals surface area (Å²) in [4.78, 5) is 0. The van der Waals surface area contributed by atoms with E-state index >= 15 is 0 Å². The van der Waals surface area contributed by atoms with Crippen molar-refractivity contribution in [1.29, 1.82) is 0 Å². The van der Waals surface area contributed by atoms with Crippen molar-refractivity contribution in [3.05, 3.63) is 0 Å². The molecule has 0 aromatic carbocycles. The molecular formula is C12H25N. The minimum Gasteiger partial charge on any atom is -0.330 e. The predicted octanol–water partition coefficient (Wildman–Crippen LogP) is 3.48. The molecular weight excluding hydrogens is 158 g/mol. The van der Waals surface area contributed by atoms with E-state index in [2.05, 4.69) is 6.92 Å². The van der Waals surface area contributed by atoms with E-state index in [1.165, 1.54) is 57.8 Å². The van der Waals surface area contributed by atoms with E-state index < -0.39 is 0 Å². The summed E-state index contributed by atoms with van der Waals surface area (Å²) in [7, 11) is 0. The van der Waals surface area contributed by atoms with E-state index in [9.17, 15) is 0 Å². The fourth-order valence-corrected chi connectivity index (χ4v) is 2.54. The van der Waals surface area contributed by atoms with Crippen LogP contribution in [0.2, 0.25) is 0 Å². The summed E-state index contributed by atoms with van der Waals surface area (Å²) in [6.07, 6.45) is 12.7. The Kier molecular flexibility index (Phi) is 4.79. The molecule has 1 fully saturated rings. The zero-order valence-corrected chi connectivity index (χ0v) is 9.15. The van der Waals surface area contributed by atoms with E-state index in [1.54, 1.807) is 0 Å². The Labute approximate surface area is 83.1 Å². The summed E-state index contributed by atoms with van der Waals surface area (Å²) in [6.45, 7) is 3.34. The lowest BCUT2D eigenvalue weighted by Crippen LogP contribution is -2.19. The van der Waals surface area contributed by atoms with Crippen LogP contribution in [0.5, 0.6) is 0 Å². The normalized spacial score (nSPS) is 23.5. The number of hydrogen-bond donors (Lipinski definition) is 1. The molecule has 0 aromatic heterocycles. The van der Waals surface area contributed by atoms with Gasteiger partial charge < -0.3 is 5.73 Å². The van der Waals surface area contributed by atoms with Crippen molar-refractivity contribution in [1.82, 2.24) is 0 Å². The molecule has 78 valence electrons. The van der Waals surface area contributed by atoms with Gasteiger partial charge in [0, 0.05) is 0 Å². The van der Waals surface area contributed by atoms with Gasteiger partial charge in [-0.2, -0.15) is 0 Å². The molecule has 1 nitrogen and oxygen atoms in total. The maximum absolute atomic E-state index is 5.57. The summed E-state index contributed by atoms with van der Waals surface area (Å²) >= 11 is 0. The fraction of sp³-hybridized carbons (Fsp3) is 1.00. The molecule has 1 rings (SSSR count). The lowest BCUT2D eigenvalue weighted by atomic mass is 9.75. The van der Waals surface area contributed by atoms with E-state index in [1.807, 2.05) is 0 Å². The van der Waals surface area contributed by atoms with Crippen molar-refractivity contribution < 1.29 is 0 Å². The summed E-state index contributed by atoms with van der Waals surface area (Å²) < 4.78 is 0. The molecule has 0 spiro atoms. The zero-order chi connectivity index (χ0) is 9.57. The third-order valence-electron chi connectivity index (χ3n) is 3.55. The van der Waals surface area contributed by atoms with Gasteiger partial charge in [-0.3, -0.25) is 0 Å². The van der Waals surface area contributed by atoms with E-state index in [-0.39, 0.29) is 0 Å². The first kappa shape index (κ1) is 11.0. The van der Waals surface area contributed by atoms with Gasteiger partial charge in [-0.25, -0.2) is 0 Å². The quantitative estimate of drug-likeness (QED) is 0.712. The summed E-state index contributed by atoms with van der Waals surface area (Å²) in [5.41, 5.74) is 6.20. The second kappa shape index (κ2) is 5.64. The van der Waals surface area contributed by atoms with Crippen LogP contribution < -0.4 is 5.73 Å². The molecule has 1 heteroatoms. The largest absolute Gasteiger partial charge is 0.330 e. The predicted molar refractivity (Wildman–Crippen MR) is 58.7 cm³/mol. The molecule has 0 heterocycles. The molecule has 1 saturated carbocycles. The van der Waals surface area contributed by atoms with Gasteiger partial charge in [-0.15, -0.1) is 0 Å². The minimum absolute atomic E-state index is 0.625. The maximum Gasteiger partial charge on any atom is -0.00771 e. The zero-order valence-electron chi connectivity index (χ0n) is 9.15. The fourth-order valence-electron chi connectivity index (χ4n) is 2.54. The standard InChI is InChI=1S/C12H25N/c1-12(10-7-11-13)8-5-3-2-4-6-9-12/h2-11,13H2,1H3. The van der Waals surface area contributed by atoms with Crippen LogP contribution in [0.3, 0.4) is 0 Å². The highest BCUT2D eigenvalue weighted by Gasteiger charge is 2.23. The van der Waals surface area contributed by atoms with E-state index in [4.69, 9.17) is 5.73 Å². The highest BCUT2D eigenvalue weighted by molar-refractivity contribution is 4.76. The molecule has 0 unspecified atom stereocenters. The van der Waals surface area contributed by atoms with Crippen LogP contribution in [0, 0.1) is 5.41 Å². The minimum atomic E-state index is 0.625. The first-order valence-electron chi connectivity index (χ1n) is 5.97. The van der Waals surface area contributed by atoms with Crippen molar-refractivity contribution in [3.8, 4) is 0 Å². The van der Waals surface area contributed by atoms with E-state index in [0.717, 1.165) is 6.54 Å². The second-order valence-corrected chi connectivity index (χ2v) is 4.97. The first-order valence-corrected chi connectivity index (χ1v) is 5.97. The SMILES string of the molecule is CC1(CCCN)CCCCCCC1. The van der Waals surface area contributed by atoms with Crippen LogP contribution in [-0.4, -0.2) is 6.54 Å². The maximum atomic E-state index is 5.57. The Bertz CT molecular complexity index is 118. The van der Waals surface area contributed by atoms with Crippen molar-refractivity contribution in [2.45, 2.75) is 64.7 Å². The van der Waals surface area contributed by atoms with Gasteiger partial charge in [-0.1, -0.05) is 39.0 Å². The molecule has 0 amide bonds. The summed E-state index contributed by atoms with van der Waals surface area (Å²) in [5.74, 6) is 0. The van der Waals surface area contributed by atoms with Gasteiger partial charge in [0.2, 0.25) is 0 Å². The molecule has 0 atom stereocenters. The topological polar surface area (TPSA) is 26.0 Å². The summed E-state index contributed by atoms with van der Waals surface area (Å²) in [6, 6.07) is 0. The molecule has 1 aliphatic carbocycles. The van der Waals surface area contributed by atoms with Crippen LogP contribution in [0.1, 0.15) is 64.7 Å². The molecule has 0 aromatic rings. The molecule has 0 saturated heterocycles. The van der Waals surface area contributed by atoms with Crippen LogP contribution >= 0.6 is 0 Å². The van der Waals surface area contributed by atoms with Gasteiger partial charge in [0.05, 0.1) is 0 Å². The molecule has 2 N–H and O–H groups in total. The van der Waals surface area contributed by atoms with Crippen LogP contribution in [0.4, 0.5) is 0 Å². The van der Waals surface area contributed by atoms with Crippen LogP contribution in [-0.2, 0) is 0 Å². The highest BCUT2D eigenvalue weighted by Crippen LogP contribution is 2.37. The first-order chi connectivity index (χ1) is 6.27. The molecule has 1 aliphatic rings. The Morgan fingerprint density at radius 2 is 1.54 bits per heavy atom. The van der Waals surface area contributed by atoms with Gasteiger partial charge in [0.1, 0.15) is 0 Å². The number of nitrogens with two attached hydrogens (primary N) is 1. The molecule has 13 heavy (non-hydrogen) atoms. The van der Waals surface area contributed by atoms with Crippen molar-refractivity contribution in [2.75, 3.05) is 6.54 Å². The number of hydrogen-bond acceptors (Lipinski definition) is 1. The molecule has 0 aliphatic heterocycles. The molecule has 0 radical (unpaired) electrons. The van der Waals surface area contributed by atoms with E-state index in [0.29, 0.717) is 5.41 Å². The Morgan fingerprint density at radius 1 is 1.00 bits per heavy atom. The van der Waals surface area contributed by atoms with Crippen LogP contribution in [0.15, 0.2) is 0 Å². The van der Waals surface area contributed by atoms with Gasteiger partial charge in [0.25, 0.3) is 0 Å². The van der Waals surface area contributed by atoms with Crippen molar-refractivity contribution in [3.63, 3.8) is 0 Å². The van der Waals surface area contributed by atoms with Crippen molar-refractivity contribution in [2.24, 2.45) is 11.1 Å². The van der Waals surface area contributed by atoms with Gasteiger partial charge >= 0.3 is 0 Å². The van der Waals surface area contributed by atoms with Gasteiger partial charge in [0.15, 0.2) is 0 Å². The lowest BCUT2D eigenvalue weighted by Gasteiger charge is -2.31. The van der Waals surface area contributed by atoms with Crippen LogP contribution in [0.25, 0.3) is 0 Å². The second-order valence-electron chi connectivity index (χ2n) is 4.97. The highest BCUT2D eigenvalue weighted by atomic mass is 14.5. The lowest BCUT2D eigenvalue weighted by molar-refractivity contribution is 0.215. The average Bonchev–Trinajstić information content (AvgIpc) is 2.09. The summed E-state index contributed by atoms with van der Waals surface area (Å²) in [5, 5.41) is 0. The van der Waals surface area contributed by atoms with Crippen molar-refractivity contribution >= 4 is 0 Å². The third-order valence-corrected chi connectivity index (χ3v) is 3.55. The third kappa shape index (κ3) is 4.12. The smallest absolute Gasteiger partial charge is 0.00771 e. The number of rotatable bonds is 3. The monoisotopic (exact) mass is 183 g/mol.